The molecule has 28 heavy (non-hydrogen) atoms. The third-order valence-electron chi connectivity index (χ3n) is 4.52. The molecule has 0 spiro atoms. The highest BCUT2D eigenvalue weighted by molar-refractivity contribution is 7.98. The lowest BCUT2D eigenvalue weighted by Crippen LogP contribution is -2.56. The number of likely N-dealkylation sites (tertiary alicyclic amines) is 1. The monoisotopic (exact) mass is 434 g/mol. The van der Waals surface area contributed by atoms with Gasteiger partial charge in [-0.05, 0) is 49.7 Å². The van der Waals surface area contributed by atoms with Crippen LogP contribution in [0.5, 0.6) is 0 Å². The van der Waals surface area contributed by atoms with Gasteiger partial charge < -0.3 is 26.4 Å². The normalized spacial score (nSPS) is 18.4. The third-order valence-corrected chi connectivity index (χ3v) is 5.81. The highest BCUT2D eigenvalue weighted by Gasteiger charge is 2.35. The van der Waals surface area contributed by atoms with Gasteiger partial charge in [-0.3, -0.25) is 14.4 Å². The number of hydrogen-bond acceptors (Lipinski definition) is 7. The maximum absolute atomic E-state index is 12.7. The van der Waals surface area contributed by atoms with E-state index >= 15 is 0 Å². The summed E-state index contributed by atoms with van der Waals surface area (Å²) in [5.74, 6) is -1.12. The summed E-state index contributed by atoms with van der Waals surface area (Å²) in [6.07, 6.45) is 5.62. The van der Waals surface area contributed by atoms with Crippen LogP contribution in [0.3, 0.4) is 0 Å². The predicted molar refractivity (Wildman–Crippen MR) is 111 cm³/mol. The zero-order chi connectivity index (χ0) is 21.1. The van der Waals surface area contributed by atoms with Crippen LogP contribution in [0.4, 0.5) is 0 Å². The van der Waals surface area contributed by atoms with Crippen molar-refractivity contribution < 1.29 is 24.3 Å². The summed E-state index contributed by atoms with van der Waals surface area (Å²) in [5.41, 5.74) is 5.41. The third kappa shape index (κ3) is 7.51. The molecule has 1 heterocycles. The lowest BCUT2D eigenvalue weighted by molar-refractivity contribution is -0.142. The molecule has 9 nitrogen and oxygen atoms in total. The van der Waals surface area contributed by atoms with Crippen LogP contribution in [0, 0.1) is 0 Å². The van der Waals surface area contributed by atoms with Crippen molar-refractivity contribution in [1.82, 2.24) is 15.5 Å². The van der Waals surface area contributed by atoms with E-state index in [1.807, 2.05) is 12.5 Å². The molecule has 0 aromatic carbocycles. The molecule has 1 aliphatic rings. The fraction of sp³-hybridized carbons (Fsp3) is 0.765. The molecular weight excluding hydrogens is 404 g/mol. The SMILES string of the molecule is CSCCC(NC(=O)C(CCSC)NC(=O)C1CCCN1C(=O)CN)C(=O)O. The van der Waals surface area contributed by atoms with Gasteiger partial charge >= 0.3 is 5.97 Å². The number of aliphatic carboxylic acids is 1. The van der Waals surface area contributed by atoms with Crippen molar-refractivity contribution in [3.63, 3.8) is 0 Å². The van der Waals surface area contributed by atoms with Gasteiger partial charge in [0.05, 0.1) is 6.54 Å². The summed E-state index contributed by atoms with van der Waals surface area (Å²) >= 11 is 3.02. The Morgan fingerprint density at radius 2 is 1.71 bits per heavy atom. The zero-order valence-corrected chi connectivity index (χ0v) is 17.9. The number of nitrogens with zero attached hydrogens (tertiary/aromatic N) is 1. The number of amides is 3. The van der Waals surface area contributed by atoms with E-state index in [9.17, 15) is 24.3 Å². The van der Waals surface area contributed by atoms with Crippen LogP contribution >= 0.6 is 23.5 Å². The van der Waals surface area contributed by atoms with Gasteiger partial charge in [0.25, 0.3) is 0 Å². The lowest BCUT2D eigenvalue weighted by Gasteiger charge is -2.26. The zero-order valence-electron chi connectivity index (χ0n) is 16.3. The fourth-order valence-electron chi connectivity index (χ4n) is 2.99. The summed E-state index contributed by atoms with van der Waals surface area (Å²) in [5, 5.41) is 14.5. The molecule has 1 fully saturated rings. The number of thioether (sulfide) groups is 2. The molecule has 0 bridgehead atoms. The molecule has 3 unspecified atom stereocenters. The average molecular weight is 435 g/mol. The van der Waals surface area contributed by atoms with Crippen molar-refractivity contribution in [2.45, 2.75) is 43.8 Å². The number of rotatable bonds is 12. The van der Waals surface area contributed by atoms with Crippen molar-refractivity contribution in [2.24, 2.45) is 5.73 Å². The van der Waals surface area contributed by atoms with E-state index in [0.717, 1.165) is 0 Å². The van der Waals surface area contributed by atoms with Crippen LogP contribution in [-0.2, 0) is 19.2 Å². The molecule has 1 aliphatic heterocycles. The molecular formula is C17H30N4O5S2. The highest BCUT2D eigenvalue weighted by Crippen LogP contribution is 2.18. The first kappa shape index (κ1) is 24.6. The first-order valence-corrected chi connectivity index (χ1v) is 11.9. The summed E-state index contributed by atoms with van der Waals surface area (Å²) in [4.78, 5) is 50.1. The maximum Gasteiger partial charge on any atom is 0.326 e. The second kappa shape index (κ2) is 12.9. The van der Waals surface area contributed by atoms with Crippen LogP contribution in [-0.4, -0.2) is 88.9 Å². The number of hydrogen-bond donors (Lipinski definition) is 4. The molecule has 1 rings (SSSR count). The molecule has 0 radical (unpaired) electrons. The first-order chi connectivity index (χ1) is 13.3. The Hall–Kier alpha value is -1.46. The van der Waals surface area contributed by atoms with Gasteiger partial charge in [-0.2, -0.15) is 23.5 Å². The summed E-state index contributed by atoms with van der Waals surface area (Å²) < 4.78 is 0. The Morgan fingerprint density at radius 1 is 1.11 bits per heavy atom. The van der Waals surface area contributed by atoms with Gasteiger partial charge in [0.15, 0.2) is 0 Å². The summed E-state index contributed by atoms with van der Waals surface area (Å²) in [6.45, 7) is 0.293. The smallest absolute Gasteiger partial charge is 0.326 e. The molecule has 11 heteroatoms. The number of carboxylic acid groups (broad SMARTS) is 1. The van der Waals surface area contributed by atoms with Gasteiger partial charge in [0.2, 0.25) is 17.7 Å². The molecule has 5 N–H and O–H groups in total. The molecule has 0 aromatic heterocycles. The fourth-order valence-corrected chi connectivity index (χ4v) is 3.94. The van der Waals surface area contributed by atoms with Crippen LogP contribution in [0.1, 0.15) is 25.7 Å². The highest BCUT2D eigenvalue weighted by atomic mass is 32.2. The van der Waals surface area contributed by atoms with Crippen molar-refractivity contribution >= 4 is 47.2 Å². The minimum Gasteiger partial charge on any atom is -0.480 e. The molecule has 0 saturated carbocycles. The van der Waals surface area contributed by atoms with Gasteiger partial charge in [-0.25, -0.2) is 4.79 Å². The van der Waals surface area contributed by atoms with E-state index in [1.165, 1.54) is 28.4 Å². The first-order valence-electron chi connectivity index (χ1n) is 9.16. The van der Waals surface area contributed by atoms with E-state index in [1.54, 1.807) is 0 Å². The molecule has 3 atom stereocenters. The largest absolute Gasteiger partial charge is 0.480 e. The lowest BCUT2D eigenvalue weighted by atomic mass is 10.1. The molecule has 1 saturated heterocycles. The van der Waals surface area contributed by atoms with Gasteiger partial charge in [-0.15, -0.1) is 0 Å². The minimum atomic E-state index is -1.10. The second-order valence-corrected chi connectivity index (χ2v) is 8.44. The summed E-state index contributed by atoms with van der Waals surface area (Å²) in [7, 11) is 0. The Morgan fingerprint density at radius 3 is 2.25 bits per heavy atom. The van der Waals surface area contributed by atoms with Crippen molar-refractivity contribution in [1.29, 1.82) is 0 Å². The van der Waals surface area contributed by atoms with E-state index < -0.39 is 35.9 Å². The average Bonchev–Trinajstić information content (AvgIpc) is 3.17. The molecule has 0 aliphatic carbocycles. The van der Waals surface area contributed by atoms with E-state index in [-0.39, 0.29) is 12.5 Å². The van der Waals surface area contributed by atoms with Crippen LogP contribution in [0.25, 0.3) is 0 Å². The number of nitrogens with two attached hydrogens (primary N) is 1. The van der Waals surface area contributed by atoms with Crippen LogP contribution in [0.2, 0.25) is 0 Å². The maximum atomic E-state index is 12.7. The van der Waals surface area contributed by atoms with Crippen molar-refractivity contribution in [2.75, 3.05) is 37.1 Å². The second-order valence-electron chi connectivity index (χ2n) is 6.47. The van der Waals surface area contributed by atoms with Crippen LogP contribution in [0.15, 0.2) is 0 Å². The minimum absolute atomic E-state index is 0.171. The van der Waals surface area contributed by atoms with Crippen molar-refractivity contribution in [3.05, 3.63) is 0 Å². The van der Waals surface area contributed by atoms with E-state index in [2.05, 4.69) is 10.6 Å². The van der Waals surface area contributed by atoms with Gasteiger partial charge in [-0.1, -0.05) is 0 Å². The van der Waals surface area contributed by atoms with Crippen LogP contribution < -0.4 is 16.4 Å². The Balaban J connectivity index is 2.80. The van der Waals surface area contributed by atoms with E-state index in [4.69, 9.17) is 5.73 Å². The van der Waals surface area contributed by atoms with Gasteiger partial charge in [0.1, 0.15) is 18.1 Å². The number of carbonyl (C=O) groups excluding carboxylic acids is 3. The number of nitrogens with one attached hydrogen (secondary N) is 2. The Bertz CT molecular complexity index is 564. The summed E-state index contributed by atoms with van der Waals surface area (Å²) in [6, 6.07) is -2.51. The Kier molecular flexibility index (Phi) is 11.3. The quantitative estimate of drug-likeness (QED) is 0.322. The molecule has 0 aromatic rings. The standard InChI is InChI=1S/C17H30N4O5S2/c1-27-8-5-11(15(23)20-12(17(25)26)6-9-28-2)19-16(24)13-4-3-7-21(13)14(22)10-18/h11-13H,3-10,18H2,1-2H3,(H,19,24)(H,20,23)(H,25,26). The molecule has 160 valence electrons. The number of carboxylic acids is 1. The van der Waals surface area contributed by atoms with E-state index in [0.29, 0.717) is 43.7 Å². The predicted octanol–water partition coefficient (Wildman–Crippen LogP) is -0.503. The Labute approximate surface area is 173 Å². The van der Waals surface area contributed by atoms with Crippen molar-refractivity contribution in [3.8, 4) is 0 Å². The molecule has 3 amide bonds. The van der Waals surface area contributed by atoms with Gasteiger partial charge in [0, 0.05) is 6.54 Å². The number of carbonyl (C=O) groups is 4. The topological polar surface area (TPSA) is 142 Å².